The molecule has 4 rings (SSSR count). The van der Waals surface area contributed by atoms with Crippen LogP contribution in [-0.2, 0) is 4.79 Å². The van der Waals surface area contributed by atoms with Crippen molar-refractivity contribution in [1.29, 1.82) is 0 Å². The Morgan fingerprint density at radius 1 is 1.04 bits per heavy atom. The second-order valence-corrected chi connectivity index (χ2v) is 7.06. The van der Waals surface area contributed by atoms with Crippen molar-refractivity contribution in [2.75, 3.05) is 0 Å². The van der Waals surface area contributed by atoms with Crippen molar-refractivity contribution < 1.29 is 9.18 Å². The van der Waals surface area contributed by atoms with Crippen LogP contribution in [-0.4, -0.2) is 15.6 Å². The quantitative estimate of drug-likeness (QED) is 0.666. The van der Waals surface area contributed by atoms with Gasteiger partial charge in [0.25, 0.3) is 5.91 Å². The Kier molecular flexibility index (Phi) is 4.64. The second kappa shape index (κ2) is 7.25. The summed E-state index contributed by atoms with van der Waals surface area (Å²) in [4.78, 5) is 17.3. The van der Waals surface area contributed by atoms with Crippen molar-refractivity contribution in [2.24, 2.45) is 4.99 Å². The van der Waals surface area contributed by atoms with Gasteiger partial charge in [0.05, 0.1) is 10.6 Å². The third-order valence-corrected chi connectivity index (χ3v) is 5.02. The van der Waals surface area contributed by atoms with Gasteiger partial charge in [-0.05, 0) is 73.3 Å². The van der Waals surface area contributed by atoms with E-state index in [-0.39, 0.29) is 11.7 Å². The van der Waals surface area contributed by atoms with Crippen LogP contribution in [0.1, 0.15) is 11.4 Å². The Balaban J connectivity index is 1.64. The van der Waals surface area contributed by atoms with Crippen LogP contribution in [0.4, 0.5) is 10.1 Å². The molecule has 1 aliphatic heterocycles. The van der Waals surface area contributed by atoms with Gasteiger partial charge in [-0.25, -0.2) is 9.38 Å². The lowest BCUT2D eigenvalue weighted by molar-refractivity contribution is -0.115. The minimum atomic E-state index is -0.320. The Morgan fingerprint density at radius 2 is 1.78 bits per heavy atom. The number of thioether (sulfide) groups is 1. The molecule has 3 aromatic rings. The van der Waals surface area contributed by atoms with Gasteiger partial charge in [-0.3, -0.25) is 4.79 Å². The molecule has 2 aromatic carbocycles. The molecule has 1 N–H and O–H groups in total. The lowest BCUT2D eigenvalue weighted by atomic mass is 10.3. The summed E-state index contributed by atoms with van der Waals surface area (Å²) in [5, 5.41) is 3.24. The number of nitrogens with one attached hydrogen (secondary N) is 1. The molecular formula is C21H16FN3OS. The summed E-state index contributed by atoms with van der Waals surface area (Å²) < 4.78 is 15.1. The average Bonchev–Trinajstić information content (AvgIpc) is 3.20. The number of amides is 1. The van der Waals surface area contributed by atoms with E-state index in [0.29, 0.717) is 15.8 Å². The number of hydrogen-bond acceptors (Lipinski definition) is 3. The van der Waals surface area contributed by atoms with Gasteiger partial charge in [-0.2, -0.15) is 0 Å². The summed E-state index contributed by atoms with van der Waals surface area (Å²) in [6.07, 6.45) is 1.85. The van der Waals surface area contributed by atoms with Gasteiger partial charge in [-0.15, -0.1) is 0 Å². The maximum absolute atomic E-state index is 13.0. The van der Waals surface area contributed by atoms with Crippen LogP contribution < -0.4 is 5.32 Å². The van der Waals surface area contributed by atoms with Gasteiger partial charge < -0.3 is 9.88 Å². The number of para-hydroxylation sites is 1. The fourth-order valence-corrected chi connectivity index (χ4v) is 3.68. The summed E-state index contributed by atoms with van der Waals surface area (Å²) in [6.45, 7) is 2.03. The molecule has 0 spiro atoms. The van der Waals surface area contributed by atoms with Gasteiger partial charge in [0, 0.05) is 17.1 Å². The predicted molar refractivity (Wildman–Crippen MR) is 108 cm³/mol. The topological polar surface area (TPSA) is 46.4 Å². The summed E-state index contributed by atoms with van der Waals surface area (Å²) in [5.41, 5.74) is 3.62. The van der Waals surface area contributed by atoms with Gasteiger partial charge in [0.15, 0.2) is 5.17 Å². The number of carbonyl (C=O) groups is 1. The molecule has 0 aliphatic carbocycles. The Hall–Kier alpha value is -3.12. The highest BCUT2D eigenvalue weighted by atomic mass is 32.2. The van der Waals surface area contributed by atoms with Crippen molar-refractivity contribution in [3.05, 3.63) is 88.8 Å². The molecule has 27 heavy (non-hydrogen) atoms. The number of benzene rings is 2. The molecule has 0 atom stereocenters. The normalized spacial score (nSPS) is 16.9. The largest absolute Gasteiger partial charge is 0.314 e. The van der Waals surface area contributed by atoms with E-state index in [1.165, 1.54) is 23.9 Å². The smallest absolute Gasteiger partial charge is 0.264 e. The summed E-state index contributed by atoms with van der Waals surface area (Å²) in [7, 11) is 0. The number of carbonyl (C=O) groups excluding carboxylic acids is 1. The number of halogens is 1. The first kappa shape index (κ1) is 17.3. The fourth-order valence-electron chi connectivity index (χ4n) is 2.85. The fraction of sp³-hybridized carbons (Fsp3) is 0.0476. The van der Waals surface area contributed by atoms with E-state index in [9.17, 15) is 9.18 Å². The number of nitrogens with zero attached hydrogens (tertiary/aromatic N) is 2. The van der Waals surface area contributed by atoms with Crippen LogP contribution in [0, 0.1) is 12.7 Å². The van der Waals surface area contributed by atoms with Crippen LogP contribution in [0.2, 0.25) is 0 Å². The van der Waals surface area contributed by atoms with E-state index in [1.54, 1.807) is 12.1 Å². The third-order valence-electron chi connectivity index (χ3n) is 4.11. The monoisotopic (exact) mass is 377 g/mol. The highest BCUT2D eigenvalue weighted by Gasteiger charge is 2.24. The highest BCUT2D eigenvalue weighted by molar-refractivity contribution is 8.18. The number of aliphatic imine (C=N–C) groups is 1. The molecule has 0 unspecified atom stereocenters. The number of rotatable bonds is 3. The number of amidine groups is 1. The third kappa shape index (κ3) is 3.71. The molecule has 0 bridgehead atoms. The lowest BCUT2D eigenvalue weighted by Crippen LogP contribution is -2.19. The van der Waals surface area contributed by atoms with Crippen molar-refractivity contribution >= 4 is 34.6 Å². The van der Waals surface area contributed by atoms with Gasteiger partial charge >= 0.3 is 0 Å². The minimum Gasteiger partial charge on any atom is -0.314 e. The van der Waals surface area contributed by atoms with Crippen molar-refractivity contribution in [3.8, 4) is 5.69 Å². The molecule has 1 aromatic heterocycles. The SMILES string of the molecule is Cc1ccc(/C=C2\SC(=Nc3ccc(F)cc3)NC2=O)n1-c1ccccc1. The van der Waals surface area contributed by atoms with Crippen LogP contribution in [0.25, 0.3) is 11.8 Å². The molecule has 1 fully saturated rings. The first-order valence-electron chi connectivity index (χ1n) is 8.39. The predicted octanol–water partition coefficient (Wildman–Crippen LogP) is 4.82. The van der Waals surface area contributed by atoms with E-state index in [1.807, 2.05) is 55.5 Å². The number of hydrogen-bond donors (Lipinski definition) is 1. The molecule has 6 heteroatoms. The maximum Gasteiger partial charge on any atom is 0.264 e. The van der Waals surface area contributed by atoms with Crippen molar-refractivity contribution in [3.63, 3.8) is 0 Å². The first-order valence-corrected chi connectivity index (χ1v) is 9.21. The van der Waals surface area contributed by atoms with Crippen molar-refractivity contribution in [2.45, 2.75) is 6.92 Å². The molecule has 134 valence electrons. The maximum atomic E-state index is 13.0. The zero-order chi connectivity index (χ0) is 18.8. The van der Waals surface area contributed by atoms with Crippen LogP contribution in [0.5, 0.6) is 0 Å². The summed E-state index contributed by atoms with van der Waals surface area (Å²) in [6, 6.07) is 19.8. The number of aromatic nitrogens is 1. The Bertz CT molecular complexity index is 1050. The van der Waals surface area contributed by atoms with Crippen LogP contribution in [0.3, 0.4) is 0 Å². The molecule has 2 heterocycles. The van der Waals surface area contributed by atoms with E-state index < -0.39 is 0 Å². The zero-order valence-electron chi connectivity index (χ0n) is 14.5. The van der Waals surface area contributed by atoms with Crippen LogP contribution >= 0.6 is 11.8 Å². The average molecular weight is 377 g/mol. The molecule has 0 saturated carbocycles. The lowest BCUT2D eigenvalue weighted by Gasteiger charge is -2.09. The summed E-state index contributed by atoms with van der Waals surface area (Å²) in [5.74, 6) is -0.515. The van der Waals surface area contributed by atoms with Gasteiger partial charge in [-0.1, -0.05) is 18.2 Å². The molecule has 4 nitrogen and oxygen atoms in total. The van der Waals surface area contributed by atoms with Crippen LogP contribution in [0.15, 0.2) is 76.6 Å². The minimum absolute atomic E-state index is 0.195. The molecular weight excluding hydrogens is 361 g/mol. The molecule has 1 aliphatic rings. The zero-order valence-corrected chi connectivity index (χ0v) is 15.3. The summed E-state index contributed by atoms with van der Waals surface area (Å²) >= 11 is 1.27. The van der Waals surface area contributed by atoms with Crippen molar-refractivity contribution in [1.82, 2.24) is 9.88 Å². The highest BCUT2D eigenvalue weighted by Crippen LogP contribution is 2.29. The van der Waals surface area contributed by atoms with E-state index in [0.717, 1.165) is 17.1 Å². The van der Waals surface area contributed by atoms with Gasteiger partial charge in [0.1, 0.15) is 5.82 Å². The standard InChI is InChI=1S/C21H16FN3OS/c1-14-7-12-18(25(14)17-5-3-2-4-6-17)13-19-20(26)24-21(27-19)23-16-10-8-15(22)9-11-16/h2-13H,1H3,(H,23,24,26)/b19-13-. The molecule has 1 saturated heterocycles. The van der Waals surface area contributed by atoms with E-state index >= 15 is 0 Å². The molecule has 1 amide bonds. The number of aryl methyl sites for hydroxylation is 1. The van der Waals surface area contributed by atoms with Gasteiger partial charge in [0.2, 0.25) is 0 Å². The first-order chi connectivity index (χ1) is 13.1. The molecule has 0 radical (unpaired) electrons. The Morgan fingerprint density at radius 3 is 2.52 bits per heavy atom. The second-order valence-electron chi connectivity index (χ2n) is 6.03. The van der Waals surface area contributed by atoms with E-state index in [2.05, 4.69) is 14.9 Å². The Labute approximate surface area is 160 Å². The van der Waals surface area contributed by atoms with E-state index in [4.69, 9.17) is 0 Å².